The van der Waals surface area contributed by atoms with Crippen LogP contribution in [0.4, 0.5) is 5.69 Å². The largest absolute Gasteiger partial charge is 0.465 e. The molecule has 0 saturated carbocycles. The molecule has 0 radical (unpaired) electrons. The molecule has 0 N–H and O–H groups in total. The van der Waals surface area contributed by atoms with Gasteiger partial charge in [0.15, 0.2) is 6.29 Å². The van der Waals surface area contributed by atoms with Gasteiger partial charge in [-0.3, -0.25) is 10.1 Å². The van der Waals surface area contributed by atoms with Gasteiger partial charge in [0.05, 0.1) is 30.8 Å². The maximum absolute atomic E-state index is 11.5. The summed E-state index contributed by atoms with van der Waals surface area (Å²) < 4.78 is 15.4. The Morgan fingerprint density at radius 1 is 1.45 bits per heavy atom. The van der Waals surface area contributed by atoms with Gasteiger partial charge in [-0.05, 0) is 18.6 Å². The Morgan fingerprint density at radius 3 is 2.75 bits per heavy atom. The molecule has 0 amide bonds. The monoisotopic (exact) mass is 281 g/mol. The van der Waals surface area contributed by atoms with Crippen molar-refractivity contribution in [1.82, 2.24) is 0 Å². The first-order valence-corrected chi connectivity index (χ1v) is 6.20. The van der Waals surface area contributed by atoms with Crippen molar-refractivity contribution in [3.63, 3.8) is 0 Å². The lowest BCUT2D eigenvalue weighted by Gasteiger charge is -2.23. The van der Waals surface area contributed by atoms with E-state index in [0.29, 0.717) is 18.8 Å². The van der Waals surface area contributed by atoms with Gasteiger partial charge in [-0.15, -0.1) is 0 Å². The molecule has 7 nitrogen and oxygen atoms in total. The second kappa shape index (κ2) is 6.44. The zero-order valence-electron chi connectivity index (χ0n) is 11.0. The molecule has 1 aliphatic heterocycles. The van der Waals surface area contributed by atoms with Crippen LogP contribution in [0.5, 0.6) is 0 Å². The number of esters is 1. The maximum Gasteiger partial charge on any atom is 0.337 e. The highest BCUT2D eigenvalue weighted by atomic mass is 16.7. The number of benzene rings is 1. The van der Waals surface area contributed by atoms with E-state index in [4.69, 9.17) is 9.47 Å². The lowest BCUT2D eigenvalue weighted by molar-refractivity contribution is -0.385. The van der Waals surface area contributed by atoms with Crippen LogP contribution < -0.4 is 0 Å². The van der Waals surface area contributed by atoms with Crippen LogP contribution in [0, 0.1) is 10.1 Å². The van der Waals surface area contributed by atoms with E-state index in [1.54, 1.807) is 0 Å². The quantitative estimate of drug-likeness (QED) is 0.474. The molecule has 1 aromatic carbocycles. The molecule has 108 valence electrons. The third kappa shape index (κ3) is 3.31. The zero-order valence-corrected chi connectivity index (χ0v) is 11.0. The lowest BCUT2D eigenvalue weighted by Crippen LogP contribution is -2.27. The molecule has 0 bridgehead atoms. The summed E-state index contributed by atoms with van der Waals surface area (Å²) in [5.74, 6) is -0.536. The van der Waals surface area contributed by atoms with E-state index in [2.05, 4.69) is 4.74 Å². The second-order valence-electron chi connectivity index (χ2n) is 4.32. The highest BCUT2D eigenvalue weighted by Gasteiger charge is 2.22. The van der Waals surface area contributed by atoms with Crippen LogP contribution in [0.3, 0.4) is 0 Å². The smallest absolute Gasteiger partial charge is 0.337 e. The van der Waals surface area contributed by atoms with E-state index in [0.717, 1.165) is 6.42 Å². The van der Waals surface area contributed by atoms with Gasteiger partial charge in [-0.1, -0.05) is 0 Å². The Kier molecular flexibility index (Phi) is 4.65. The number of carbonyl (C=O) groups excluding carboxylic acids is 1. The average molecular weight is 281 g/mol. The van der Waals surface area contributed by atoms with E-state index < -0.39 is 17.2 Å². The van der Waals surface area contributed by atoms with Crippen LogP contribution in [0.25, 0.3) is 0 Å². The number of hydrogen-bond acceptors (Lipinski definition) is 6. The minimum atomic E-state index is -0.536. The fraction of sp³-hybridized carbons (Fsp3) is 0.462. The molecule has 2 rings (SSSR count). The first-order valence-electron chi connectivity index (χ1n) is 6.20. The Bertz CT molecular complexity index is 510. The fourth-order valence-corrected chi connectivity index (χ4v) is 2.01. The molecule has 1 heterocycles. The summed E-state index contributed by atoms with van der Waals surface area (Å²) in [6.07, 6.45) is 0.512. The summed E-state index contributed by atoms with van der Waals surface area (Å²) >= 11 is 0. The Morgan fingerprint density at radius 2 is 2.15 bits per heavy atom. The molecular weight excluding hydrogens is 266 g/mol. The fourth-order valence-electron chi connectivity index (χ4n) is 2.01. The second-order valence-corrected chi connectivity index (χ2v) is 4.32. The Labute approximate surface area is 115 Å². The number of nitrogens with zero attached hydrogens (tertiary/aromatic N) is 1. The van der Waals surface area contributed by atoms with Crippen LogP contribution in [0.1, 0.15) is 22.3 Å². The van der Waals surface area contributed by atoms with Crippen molar-refractivity contribution in [3.05, 3.63) is 39.4 Å². The number of hydrogen-bond donors (Lipinski definition) is 0. The summed E-state index contributed by atoms with van der Waals surface area (Å²) in [6.45, 7) is 1.13. The van der Waals surface area contributed by atoms with Crippen molar-refractivity contribution < 1.29 is 23.9 Å². The predicted octanol–water partition coefficient (Wildman–Crippen LogP) is 1.69. The summed E-state index contributed by atoms with van der Waals surface area (Å²) in [5, 5.41) is 11.0. The highest BCUT2D eigenvalue weighted by molar-refractivity contribution is 5.89. The Hall–Kier alpha value is -1.99. The molecule has 20 heavy (non-hydrogen) atoms. The first kappa shape index (κ1) is 14.4. The highest BCUT2D eigenvalue weighted by Crippen LogP contribution is 2.24. The van der Waals surface area contributed by atoms with Crippen LogP contribution in [0.2, 0.25) is 0 Å². The first-order chi connectivity index (χ1) is 9.61. The van der Waals surface area contributed by atoms with Crippen molar-refractivity contribution >= 4 is 11.7 Å². The molecule has 1 aliphatic rings. The summed E-state index contributed by atoms with van der Waals surface area (Å²) in [7, 11) is 1.26. The normalized spacial score (nSPS) is 15.8. The number of methoxy groups -OCH3 is 1. The molecule has 1 aromatic rings. The van der Waals surface area contributed by atoms with Gasteiger partial charge in [-0.2, -0.15) is 0 Å². The third-order valence-corrected chi connectivity index (χ3v) is 2.98. The summed E-state index contributed by atoms with van der Waals surface area (Å²) in [6, 6.07) is 4.12. The minimum Gasteiger partial charge on any atom is -0.465 e. The van der Waals surface area contributed by atoms with E-state index in [1.165, 1.54) is 25.3 Å². The van der Waals surface area contributed by atoms with Gasteiger partial charge in [0.25, 0.3) is 5.69 Å². The Balaban J connectivity index is 2.26. The maximum atomic E-state index is 11.5. The SMILES string of the molecule is COC(=O)c1ccc([N+](=O)[O-])c(CC2OCCCO2)c1. The van der Waals surface area contributed by atoms with Gasteiger partial charge in [-0.25, -0.2) is 4.79 Å². The molecule has 0 aliphatic carbocycles. The minimum absolute atomic E-state index is 0.0598. The zero-order chi connectivity index (χ0) is 14.5. The van der Waals surface area contributed by atoms with Crippen LogP contribution in [-0.4, -0.2) is 37.5 Å². The topological polar surface area (TPSA) is 87.9 Å². The lowest BCUT2D eigenvalue weighted by atomic mass is 10.1. The van der Waals surface area contributed by atoms with Crippen molar-refractivity contribution in [2.24, 2.45) is 0 Å². The van der Waals surface area contributed by atoms with Gasteiger partial charge in [0.2, 0.25) is 0 Å². The summed E-state index contributed by atoms with van der Waals surface area (Å²) in [4.78, 5) is 22.0. The number of ether oxygens (including phenoxy) is 3. The van der Waals surface area contributed by atoms with Gasteiger partial charge < -0.3 is 14.2 Å². The van der Waals surface area contributed by atoms with Gasteiger partial charge in [0.1, 0.15) is 0 Å². The molecular formula is C13H15NO6. The van der Waals surface area contributed by atoms with E-state index in [9.17, 15) is 14.9 Å². The molecule has 1 saturated heterocycles. The van der Waals surface area contributed by atoms with Crippen molar-refractivity contribution in [3.8, 4) is 0 Å². The van der Waals surface area contributed by atoms with Crippen LogP contribution in [0.15, 0.2) is 18.2 Å². The molecule has 0 unspecified atom stereocenters. The van der Waals surface area contributed by atoms with Crippen LogP contribution in [-0.2, 0) is 20.6 Å². The van der Waals surface area contributed by atoms with E-state index in [1.807, 2.05) is 0 Å². The molecule has 0 spiro atoms. The average Bonchev–Trinajstić information content (AvgIpc) is 2.47. The molecule has 0 aromatic heterocycles. The molecule has 1 fully saturated rings. The standard InChI is InChI=1S/C13H15NO6/c1-18-13(15)9-3-4-11(14(16)17)10(7-9)8-12-19-5-2-6-20-12/h3-4,7,12H,2,5-6,8H2,1H3. The molecule has 0 atom stereocenters. The van der Waals surface area contributed by atoms with Gasteiger partial charge in [0, 0.05) is 18.1 Å². The number of nitro benzene ring substituents is 1. The predicted molar refractivity (Wildman–Crippen MR) is 68.4 cm³/mol. The summed E-state index contributed by atoms with van der Waals surface area (Å²) in [5.41, 5.74) is 0.601. The van der Waals surface area contributed by atoms with Crippen molar-refractivity contribution in [1.29, 1.82) is 0 Å². The van der Waals surface area contributed by atoms with Gasteiger partial charge >= 0.3 is 5.97 Å². The number of nitro groups is 1. The number of carbonyl (C=O) groups is 1. The van der Waals surface area contributed by atoms with Crippen molar-refractivity contribution in [2.45, 2.75) is 19.1 Å². The van der Waals surface area contributed by atoms with Crippen LogP contribution >= 0.6 is 0 Å². The molecule has 7 heteroatoms. The number of rotatable bonds is 4. The van der Waals surface area contributed by atoms with E-state index in [-0.39, 0.29) is 17.7 Å². The van der Waals surface area contributed by atoms with Crippen molar-refractivity contribution in [2.75, 3.05) is 20.3 Å². The van der Waals surface area contributed by atoms with E-state index >= 15 is 0 Å². The third-order valence-electron chi connectivity index (χ3n) is 2.98.